The lowest BCUT2D eigenvalue weighted by molar-refractivity contribution is -0.151. The number of allylic oxidation sites excluding steroid dienone is 1. The van der Waals surface area contributed by atoms with Gasteiger partial charge in [0.2, 0.25) is 0 Å². The topological polar surface area (TPSA) is 72.5 Å². The predicted molar refractivity (Wildman–Crippen MR) is 152 cm³/mol. The fraction of sp³-hybridized carbons (Fsp3) is 0.909. The number of rotatable bonds is 11. The fourth-order valence-corrected chi connectivity index (χ4v) is 9.60. The van der Waals surface area contributed by atoms with E-state index in [0.29, 0.717) is 23.8 Å². The largest absolute Gasteiger partial charge is 0.462 e. The summed E-state index contributed by atoms with van der Waals surface area (Å²) in [6.45, 7) is 12.3. The van der Waals surface area contributed by atoms with E-state index >= 15 is 0 Å². The monoisotopic (exact) mass is 515 g/mol. The van der Waals surface area contributed by atoms with E-state index < -0.39 is 5.60 Å². The Bertz CT molecular complexity index is 815. The van der Waals surface area contributed by atoms with E-state index in [4.69, 9.17) is 10.5 Å². The molecule has 8 atom stereocenters. The summed E-state index contributed by atoms with van der Waals surface area (Å²) in [5.41, 5.74) is 7.41. The first-order valence-corrected chi connectivity index (χ1v) is 15.8. The Balaban J connectivity index is 1.36. The van der Waals surface area contributed by atoms with Crippen LogP contribution in [-0.4, -0.2) is 29.3 Å². The molecule has 0 radical (unpaired) electrons. The van der Waals surface area contributed by atoms with Crippen LogP contribution in [0.4, 0.5) is 0 Å². The third-order valence-electron chi connectivity index (χ3n) is 11.7. The van der Waals surface area contributed by atoms with Crippen molar-refractivity contribution in [2.45, 2.75) is 143 Å². The summed E-state index contributed by atoms with van der Waals surface area (Å²) >= 11 is 0. The molecule has 3 fully saturated rings. The van der Waals surface area contributed by atoms with E-state index in [2.05, 4.69) is 26.8 Å². The molecule has 4 aliphatic carbocycles. The number of fused-ring (bicyclic) bond motifs is 5. The van der Waals surface area contributed by atoms with Crippen LogP contribution in [0, 0.1) is 40.4 Å². The molecule has 4 nitrogen and oxygen atoms in total. The molecule has 212 valence electrons. The second-order valence-corrected chi connectivity index (χ2v) is 14.6. The van der Waals surface area contributed by atoms with E-state index in [1.54, 1.807) is 5.57 Å². The maximum absolute atomic E-state index is 12.4. The smallest absolute Gasteiger partial charge is 0.306 e. The number of nitrogens with two attached hydrogens (primary N) is 1. The highest BCUT2D eigenvalue weighted by molar-refractivity contribution is 5.69. The highest BCUT2D eigenvalue weighted by Crippen LogP contribution is 2.67. The number of aliphatic hydroxyl groups is 1. The molecule has 0 aliphatic heterocycles. The number of hydrogen-bond acceptors (Lipinski definition) is 4. The first kappa shape index (κ1) is 29.1. The summed E-state index contributed by atoms with van der Waals surface area (Å²) in [6.07, 6.45) is 19.3. The zero-order chi connectivity index (χ0) is 26.8. The number of unbranched alkanes of at least 4 members (excludes halogenated alkanes) is 2. The first-order chi connectivity index (χ1) is 17.5. The predicted octanol–water partition coefficient (Wildman–Crippen LogP) is 7.57. The summed E-state index contributed by atoms with van der Waals surface area (Å²) in [5.74, 6) is 4.04. The van der Waals surface area contributed by atoms with Crippen molar-refractivity contribution in [3.8, 4) is 0 Å². The molecular formula is C33H57NO3. The minimum Gasteiger partial charge on any atom is -0.462 e. The Morgan fingerprint density at radius 3 is 2.62 bits per heavy atom. The van der Waals surface area contributed by atoms with E-state index in [0.717, 1.165) is 74.5 Å². The van der Waals surface area contributed by atoms with E-state index in [1.807, 2.05) is 13.8 Å². The lowest BCUT2D eigenvalue weighted by atomic mass is 9.47. The molecular weight excluding hydrogens is 458 g/mol. The van der Waals surface area contributed by atoms with Gasteiger partial charge in [-0.05, 0) is 125 Å². The van der Waals surface area contributed by atoms with Gasteiger partial charge in [-0.3, -0.25) is 4.79 Å². The zero-order valence-electron chi connectivity index (χ0n) is 24.7. The van der Waals surface area contributed by atoms with Crippen molar-refractivity contribution in [3.05, 3.63) is 11.6 Å². The summed E-state index contributed by atoms with van der Waals surface area (Å²) in [4.78, 5) is 12.4. The van der Waals surface area contributed by atoms with Crippen LogP contribution in [0.5, 0.6) is 0 Å². The van der Waals surface area contributed by atoms with Crippen LogP contribution in [0.2, 0.25) is 0 Å². The third-order valence-corrected chi connectivity index (χ3v) is 11.7. The second-order valence-electron chi connectivity index (χ2n) is 14.6. The Labute approximate surface area is 227 Å². The van der Waals surface area contributed by atoms with Crippen molar-refractivity contribution in [3.63, 3.8) is 0 Å². The van der Waals surface area contributed by atoms with Crippen molar-refractivity contribution in [1.82, 2.24) is 0 Å². The van der Waals surface area contributed by atoms with Crippen LogP contribution >= 0.6 is 0 Å². The van der Waals surface area contributed by atoms with Crippen molar-refractivity contribution >= 4 is 5.97 Å². The van der Waals surface area contributed by atoms with Crippen LogP contribution in [0.15, 0.2) is 11.6 Å². The van der Waals surface area contributed by atoms with Gasteiger partial charge in [0, 0.05) is 12.8 Å². The highest BCUT2D eigenvalue weighted by atomic mass is 16.5. The Kier molecular flexibility index (Phi) is 9.21. The number of hydrogen-bond donors (Lipinski definition) is 2. The quantitative estimate of drug-likeness (QED) is 0.169. The van der Waals surface area contributed by atoms with E-state index in [1.165, 1.54) is 44.9 Å². The highest BCUT2D eigenvalue weighted by Gasteiger charge is 2.59. The van der Waals surface area contributed by atoms with Gasteiger partial charge in [-0.2, -0.15) is 0 Å². The van der Waals surface area contributed by atoms with Gasteiger partial charge >= 0.3 is 5.97 Å². The van der Waals surface area contributed by atoms with Crippen molar-refractivity contribution in [2.75, 3.05) is 6.54 Å². The molecule has 4 aliphatic rings. The second kappa shape index (κ2) is 11.7. The first-order valence-electron chi connectivity index (χ1n) is 15.8. The van der Waals surface area contributed by atoms with Crippen LogP contribution in [-0.2, 0) is 9.53 Å². The average molecular weight is 516 g/mol. The molecule has 37 heavy (non-hydrogen) atoms. The Morgan fingerprint density at radius 1 is 1.11 bits per heavy atom. The molecule has 4 heteroatoms. The molecule has 0 unspecified atom stereocenters. The molecule has 0 heterocycles. The van der Waals surface area contributed by atoms with E-state index in [9.17, 15) is 9.90 Å². The lowest BCUT2D eigenvalue weighted by Gasteiger charge is -2.58. The van der Waals surface area contributed by atoms with Gasteiger partial charge < -0.3 is 15.6 Å². The standard InChI is InChI=1S/C33H57NO3/c1-23(10-9-18-31(2,3)36)27-14-15-28-26-13-12-24-22-25(37-30(35)11-7-6-8-21-34)16-19-32(24,4)29(26)17-20-33(27,28)5/h12,23,25-29,36H,6-11,13-22,34H2,1-5H3/t23-,25+,26+,27-,28+,29+,32+,33-/m1/s1. The minimum absolute atomic E-state index is 0.0120. The fourth-order valence-electron chi connectivity index (χ4n) is 9.60. The van der Waals surface area contributed by atoms with Gasteiger partial charge in [0.25, 0.3) is 0 Å². The summed E-state index contributed by atoms with van der Waals surface area (Å²) < 4.78 is 5.95. The zero-order valence-corrected chi connectivity index (χ0v) is 24.7. The summed E-state index contributed by atoms with van der Waals surface area (Å²) in [7, 11) is 0. The van der Waals surface area contributed by atoms with Crippen LogP contribution in [0.3, 0.4) is 0 Å². The molecule has 0 amide bonds. The van der Waals surface area contributed by atoms with Gasteiger partial charge in [0.15, 0.2) is 0 Å². The van der Waals surface area contributed by atoms with Gasteiger partial charge in [-0.15, -0.1) is 0 Å². The van der Waals surface area contributed by atoms with Crippen molar-refractivity contribution in [2.24, 2.45) is 46.2 Å². The van der Waals surface area contributed by atoms with Crippen LogP contribution in [0.25, 0.3) is 0 Å². The van der Waals surface area contributed by atoms with E-state index in [-0.39, 0.29) is 12.1 Å². The molecule has 0 aromatic heterocycles. The maximum atomic E-state index is 12.4. The lowest BCUT2D eigenvalue weighted by Crippen LogP contribution is -2.51. The maximum Gasteiger partial charge on any atom is 0.306 e. The van der Waals surface area contributed by atoms with Crippen molar-refractivity contribution in [1.29, 1.82) is 0 Å². The third kappa shape index (κ3) is 6.32. The molecule has 4 rings (SSSR count). The van der Waals surface area contributed by atoms with Crippen LogP contribution in [0.1, 0.15) is 131 Å². The summed E-state index contributed by atoms with van der Waals surface area (Å²) in [6, 6.07) is 0. The van der Waals surface area contributed by atoms with Crippen LogP contribution < -0.4 is 5.73 Å². The number of carbonyl (C=O) groups excluding carboxylic acids is 1. The molecule has 0 spiro atoms. The molecule has 0 saturated heterocycles. The van der Waals surface area contributed by atoms with Gasteiger partial charge in [-0.25, -0.2) is 0 Å². The number of carbonyl (C=O) groups is 1. The average Bonchev–Trinajstić information content (AvgIpc) is 3.18. The van der Waals surface area contributed by atoms with Gasteiger partial charge in [0.1, 0.15) is 6.10 Å². The Morgan fingerprint density at radius 2 is 1.89 bits per heavy atom. The molecule has 0 bridgehead atoms. The van der Waals surface area contributed by atoms with Crippen molar-refractivity contribution < 1.29 is 14.6 Å². The van der Waals surface area contributed by atoms with Gasteiger partial charge in [0.05, 0.1) is 5.60 Å². The number of ether oxygens (including phenoxy) is 1. The molecule has 3 saturated carbocycles. The minimum atomic E-state index is -0.538. The van der Waals surface area contributed by atoms with Gasteiger partial charge in [-0.1, -0.05) is 51.7 Å². The normalized spacial score (nSPS) is 38.2. The SMILES string of the molecule is C[C@H](CCCC(C)(C)O)[C@H]1CC[C@H]2[C@@H]3CC=C4C[C@@H](OC(=O)CCCCCN)CC[C@]4(C)[C@H]3CC[C@]12C. The number of esters is 1. The summed E-state index contributed by atoms with van der Waals surface area (Å²) in [5, 5.41) is 10.2. The Hall–Kier alpha value is -0.870. The molecule has 3 N–H and O–H groups in total. The molecule has 0 aromatic rings. The molecule has 0 aromatic carbocycles.